The van der Waals surface area contributed by atoms with Crippen molar-refractivity contribution in [2.75, 3.05) is 0 Å². The highest BCUT2D eigenvalue weighted by Gasteiger charge is 2.37. The van der Waals surface area contributed by atoms with Gasteiger partial charge >= 0.3 is 0 Å². The minimum Gasteiger partial charge on any atom is -0.248 e. The van der Waals surface area contributed by atoms with Crippen LogP contribution in [0.4, 0.5) is 0 Å². The minimum absolute atomic E-state index is 0.200. The van der Waals surface area contributed by atoms with Crippen LogP contribution in [0.25, 0.3) is 112 Å². The molecule has 11 aromatic rings. The molecule has 3 heteroatoms. The van der Waals surface area contributed by atoms with Gasteiger partial charge < -0.3 is 0 Å². The highest BCUT2D eigenvalue weighted by molar-refractivity contribution is 5.89. The first kappa shape index (κ1) is 43.2. The second kappa shape index (κ2) is 17.0. The van der Waals surface area contributed by atoms with Crippen LogP contribution >= 0.6 is 0 Å². The van der Waals surface area contributed by atoms with Crippen LogP contribution in [0.2, 0.25) is 0 Å². The van der Waals surface area contributed by atoms with Crippen molar-refractivity contribution in [3.8, 4) is 112 Å². The number of aromatic nitrogens is 3. The molecular weight excluding hydrogens is 871 g/mol. The summed E-state index contributed by atoms with van der Waals surface area (Å²) >= 11 is 0. The molecule has 0 N–H and O–H groups in total. The number of pyridine rings is 1. The Balaban J connectivity index is 0.808. The SMILES string of the molecule is CC1(C)c2cc(-c3cccc(-c4ccc5c(c4)C(C)(C)c4cc(-c6cc(-c7ccccc7)nc(-c7ccccc7)n6)ccc4-5)c3)ccc2-c2ccc(-c3cc(-c4ccccc4)nc(-c4ccccc4)c3)cc21. The van der Waals surface area contributed by atoms with Gasteiger partial charge in [0.2, 0.25) is 0 Å². The van der Waals surface area contributed by atoms with Gasteiger partial charge in [-0.2, -0.15) is 0 Å². The number of nitrogens with zero attached hydrogens (tertiary/aromatic N) is 3. The molecular formula is C69H51N3. The van der Waals surface area contributed by atoms with Crippen molar-refractivity contribution in [1.29, 1.82) is 0 Å². The largest absolute Gasteiger partial charge is 0.248 e. The summed E-state index contributed by atoms with van der Waals surface area (Å²) < 4.78 is 0. The topological polar surface area (TPSA) is 38.7 Å². The van der Waals surface area contributed by atoms with Gasteiger partial charge in [-0.05, 0) is 126 Å². The number of rotatable bonds is 8. The lowest BCUT2D eigenvalue weighted by Gasteiger charge is -2.23. The van der Waals surface area contributed by atoms with Crippen molar-refractivity contribution < 1.29 is 0 Å². The average Bonchev–Trinajstić information content (AvgIpc) is 3.81. The smallest absolute Gasteiger partial charge is 0.160 e. The van der Waals surface area contributed by atoms with Gasteiger partial charge in [-0.15, -0.1) is 0 Å². The third-order valence-corrected chi connectivity index (χ3v) is 15.3. The number of benzene rings is 9. The van der Waals surface area contributed by atoms with Gasteiger partial charge in [-0.3, -0.25) is 0 Å². The third kappa shape index (κ3) is 7.40. The predicted molar refractivity (Wildman–Crippen MR) is 298 cm³/mol. The summed E-state index contributed by atoms with van der Waals surface area (Å²) in [5, 5.41) is 0. The first-order chi connectivity index (χ1) is 35.2. The van der Waals surface area contributed by atoms with Crippen molar-refractivity contribution in [2.45, 2.75) is 38.5 Å². The van der Waals surface area contributed by atoms with Crippen LogP contribution < -0.4 is 0 Å². The van der Waals surface area contributed by atoms with Crippen molar-refractivity contribution in [1.82, 2.24) is 15.0 Å². The number of fused-ring (bicyclic) bond motifs is 6. The van der Waals surface area contributed by atoms with E-state index in [0.717, 1.165) is 62.0 Å². The van der Waals surface area contributed by atoms with Crippen LogP contribution in [-0.2, 0) is 10.8 Å². The molecule has 0 fully saturated rings. The fraction of sp³-hybridized carbons (Fsp3) is 0.0870. The predicted octanol–water partition coefficient (Wildman–Crippen LogP) is 17.8. The Morgan fingerprint density at radius 3 is 0.944 bits per heavy atom. The van der Waals surface area contributed by atoms with E-state index in [2.05, 4.69) is 240 Å². The van der Waals surface area contributed by atoms with Gasteiger partial charge in [0.25, 0.3) is 0 Å². The quantitative estimate of drug-likeness (QED) is 0.152. The average molecular weight is 922 g/mol. The highest BCUT2D eigenvalue weighted by atomic mass is 14.9. The van der Waals surface area contributed by atoms with Crippen molar-refractivity contribution in [3.63, 3.8) is 0 Å². The molecule has 0 saturated heterocycles. The third-order valence-electron chi connectivity index (χ3n) is 15.3. The maximum atomic E-state index is 5.17. The first-order valence-corrected chi connectivity index (χ1v) is 25.0. The van der Waals surface area contributed by atoms with Gasteiger partial charge in [0.05, 0.1) is 22.8 Å². The summed E-state index contributed by atoms with van der Waals surface area (Å²) in [7, 11) is 0. The summed E-state index contributed by atoms with van der Waals surface area (Å²) in [4.78, 5) is 15.4. The first-order valence-electron chi connectivity index (χ1n) is 25.0. The monoisotopic (exact) mass is 921 g/mol. The molecule has 3 nitrogen and oxygen atoms in total. The Kier molecular flexibility index (Phi) is 10.2. The zero-order valence-corrected chi connectivity index (χ0v) is 40.9. The van der Waals surface area contributed by atoms with Gasteiger partial charge in [-0.25, -0.2) is 15.0 Å². The Morgan fingerprint density at radius 2 is 0.528 bits per heavy atom. The number of hydrogen-bond donors (Lipinski definition) is 0. The van der Waals surface area contributed by atoms with Gasteiger partial charge in [0.1, 0.15) is 0 Å². The maximum Gasteiger partial charge on any atom is 0.160 e. The molecule has 0 atom stereocenters. The van der Waals surface area contributed by atoms with E-state index in [1.807, 2.05) is 24.3 Å². The lowest BCUT2D eigenvalue weighted by molar-refractivity contribution is 0.660. The highest BCUT2D eigenvalue weighted by Crippen LogP contribution is 2.53. The van der Waals surface area contributed by atoms with Crippen LogP contribution in [0.5, 0.6) is 0 Å². The molecule has 9 aromatic carbocycles. The molecule has 0 unspecified atom stereocenters. The van der Waals surface area contributed by atoms with Gasteiger partial charge in [0, 0.05) is 38.6 Å². The van der Waals surface area contributed by atoms with Crippen molar-refractivity contribution in [3.05, 3.63) is 259 Å². The van der Waals surface area contributed by atoms with Crippen LogP contribution in [0.1, 0.15) is 49.9 Å². The summed E-state index contributed by atoms with van der Waals surface area (Å²) in [5.41, 5.74) is 26.5. The van der Waals surface area contributed by atoms with E-state index in [1.54, 1.807) is 0 Å². The van der Waals surface area contributed by atoms with Crippen molar-refractivity contribution in [2.24, 2.45) is 0 Å². The molecule has 2 aromatic heterocycles. The standard InChI is InChI=1S/C69H51N3/c1-68(2)59-37-50(28-32-55(59)57-34-30-52(39-61(57)68)54-41-63(44-18-9-5-10-19-44)70-64(42-54)45-20-11-6-12-21-45)48-26-17-27-49(36-48)51-29-33-56-58-35-31-53(40-62(58)69(3,4)60(56)38-51)66-43-65(46-22-13-7-14-23-46)71-67(72-66)47-24-15-8-16-25-47/h5-43H,1-4H3. The second-order valence-electron chi connectivity index (χ2n) is 20.4. The molecule has 0 aliphatic heterocycles. The molecule has 13 rings (SSSR count). The Bertz CT molecular complexity index is 3520. The zero-order valence-electron chi connectivity index (χ0n) is 40.9. The maximum absolute atomic E-state index is 5.17. The molecule has 2 aliphatic rings. The molecule has 72 heavy (non-hydrogen) atoms. The summed E-state index contributed by atoms with van der Waals surface area (Å²) in [5.74, 6) is 0.724. The van der Waals surface area contributed by atoms with Crippen LogP contribution in [-0.4, -0.2) is 15.0 Å². The Morgan fingerprint density at radius 1 is 0.222 bits per heavy atom. The van der Waals surface area contributed by atoms with Crippen LogP contribution in [0.15, 0.2) is 237 Å². The normalized spacial score (nSPS) is 13.5. The van der Waals surface area contributed by atoms with Crippen LogP contribution in [0, 0.1) is 0 Å². The van der Waals surface area contributed by atoms with E-state index < -0.39 is 0 Å². The van der Waals surface area contributed by atoms with E-state index in [-0.39, 0.29) is 10.8 Å². The second-order valence-corrected chi connectivity index (χ2v) is 20.4. The summed E-state index contributed by atoms with van der Waals surface area (Å²) in [6.45, 7) is 9.48. The Labute approximate surface area is 422 Å². The van der Waals surface area contributed by atoms with E-state index in [0.29, 0.717) is 0 Å². The molecule has 0 saturated carbocycles. The fourth-order valence-corrected chi connectivity index (χ4v) is 11.3. The fourth-order valence-electron chi connectivity index (χ4n) is 11.3. The molecule has 2 heterocycles. The molecule has 342 valence electrons. The molecule has 0 bridgehead atoms. The van der Waals surface area contributed by atoms with Gasteiger partial charge in [0.15, 0.2) is 5.82 Å². The van der Waals surface area contributed by atoms with E-state index >= 15 is 0 Å². The summed E-state index contributed by atoms with van der Waals surface area (Å²) in [6.07, 6.45) is 0. The zero-order chi connectivity index (χ0) is 48.6. The van der Waals surface area contributed by atoms with Crippen LogP contribution in [0.3, 0.4) is 0 Å². The lowest BCUT2D eigenvalue weighted by Crippen LogP contribution is -2.15. The van der Waals surface area contributed by atoms with E-state index in [1.165, 1.54) is 72.3 Å². The van der Waals surface area contributed by atoms with E-state index in [9.17, 15) is 0 Å². The summed E-state index contributed by atoms with van der Waals surface area (Å²) in [6, 6.07) is 85.4. The molecule has 0 spiro atoms. The van der Waals surface area contributed by atoms with Gasteiger partial charge in [-0.1, -0.05) is 216 Å². The molecule has 2 aliphatic carbocycles. The lowest BCUT2D eigenvalue weighted by atomic mass is 9.80. The molecule has 0 radical (unpaired) electrons. The van der Waals surface area contributed by atoms with Crippen molar-refractivity contribution >= 4 is 0 Å². The Hall–Kier alpha value is -8.79. The minimum atomic E-state index is -0.224. The van der Waals surface area contributed by atoms with E-state index in [4.69, 9.17) is 15.0 Å². The molecule has 0 amide bonds. The number of hydrogen-bond acceptors (Lipinski definition) is 3.